The van der Waals surface area contributed by atoms with Crippen molar-refractivity contribution in [2.45, 2.75) is 51.5 Å². The van der Waals surface area contributed by atoms with E-state index in [0.29, 0.717) is 45.2 Å². The van der Waals surface area contributed by atoms with E-state index in [1.807, 2.05) is 9.80 Å². The van der Waals surface area contributed by atoms with Crippen molar-refractivity contribution in [1.29, 1.82) is 0 Å². The molecule has 0 radical (unpaired) electrons. The summed E-state index contributed by atoms with van der Waals surface area (Å²) in [6.45, 7) is 6.01. The second-order valence-corrected chi connectivity index (χ2v) is 7.80. The second kappa shape index (κ2) is 8.69. The first kappa shape index (κ1) is 20.5. The predicted octanol–water partition coefficient (Wildman–Crippen LogP) is 1.41. The minimum Gasteiger partial charge on any atom is -0.378 e. The number of morpholine rings is 1. The molecule has 0 spiro atoms. The highest BCUT2D eigenvalue weighted by atomic mass is 35.5. The van der Waals surface area contributed by atoms with Crippen LogP contribution in [0, 0.1) is 11.3 Å². The Balaban J connectivity index is 0.00000225. The molecule has 3 aliphatic rings. The van der Waals surface area contributed by atoms with Crippen molar-refractivity contribution >= 4 is 24.2 Å². The Morgan fingerprint density at radius 2 is 1.84 bits per heavy atom. The van der Waals surface area contributed by atoms with Gasteiger partial charge in [0.1, 0.15) is 0 Å². The van der Waals surface area contributed by atoms with Gasteiger partial charge >= 0.3 is 0 Å². The minimum absolute atomic E-state index is 0. The number of halogens is 1. The Kier molecular flexibility index (Phi) is 7.11. The number of hydrogen-bond acceptors (Lipinski definition) is 4. The lowest BCUT2D eigenvalue weighted by molar-refractivity contribution is -0.150. The molecule has 1 saturated carbocycles. The van der Waals surface area contributed by atoms with Gasteiger partial charge in [0.2, 0.25) is 11.8 Å². The van der Waals surface area contributed by atoms with Crippen LogP contribution in [-0.2, 0) is 14.3 Å². The van der Waals surface area contributed by atoms with Gasteiger partial charge in [-0.15, -0.1) is 12.4 Å². The summed E-state index contributed by atoms with van der Waals surface area (Å²) in [6.07, 6.45) is 5.13. The van der Waals surface area contributed by atoms with Gasteiger partial charge in [0.25, 0.3) is 0 Å². The van der Waals surface area contributed by atoms with Crippen LogP contribution in [0.3, 0.4) is 0 Å². The largest absolute Gasteiger partial charge is 0.378 e. The maximum absolute atomic E-state index is 13.3. The molecule has 0 aromatic heterocycles. The fraction of sp³-hybridized carbons (Fsp3) is 0.889. The predicted molar refractivity (Wildman–Crippen MR) is 98.5 cm³/mol. The number of ether oxygens (including phenoxy) is 1. The summed E-state index contributed by atoms with van der Waals surface area (Å²) in [6, 6.07) is 0.238. The van der Waals surface area contributed by atoms with Gasteiger partial charge in [-0.05, 0) is 38.6 Å². The molecule has 7 heteroatoms. The van der Waals surface area contributed by atoms with Crippen molar-refractivity contribution in [3.63, 3.8) is 0 Å². The first-order chi connectivity index (χ1) is 11.6. The summed E-state index contributed by atoms with van der Waals surface area (Å²) in [5.74, 6) is 0.721. The summed E-state index contributed by atoms with van der Waals surface area (Å²) >= 11 is 0. The summed E-state index contributed by atoms with van der Waals surface area (Å²) in [5, 5.41) is 0. The molecule has 0 bridgehead atoms. The molecule has 3 fully saturated rings. The Morgan fingerprint density at radius 3 is 2.40 bits per heavy atom. The van der Waals surface area contributed by atoms with E-state index in [0.717, 1.165) is 38.6 Å². The van der Waals surface area contributed by atoms with E-state index in [1.165, 1.54) is 0 Å². The Morgan fingerprint density at radius 1 is 1.20 bits per heavy atom. The highest BCUT2D eigenvalue weighted by Crippen LogP contribution is 2.44. The van der Waals surface area contributed by atoms with Crippen molar-refractivity contribution < 1.29 is 14.3 Å². The van der Waals surface area contributed by atoms with Gasteiger partial charge in [0.05, 0.1) is 18.6 Å². The van der Waals surface area contributed by atoms with Gasteiger partial charge in [0.15, 0.2) is 0 Å². The zero-order chi connectivity index (χ0) is 17.2. The molecule has 2 amide bonds. The third-order valence-corrected chi connectivity index (χ3v) is 6.12. The lowest BCUT2D eigenvalue weighted by Crippen LogP contribution is -2.48. The topological polar surface area (TPSA) is 75.9 Å². The van der Waals surface area contributed by atoms with Crippen LogP contribution in [0.1, 0.15) is 45.4 Å². The molecule has 3 rings (SSSR count). The van der Waals surface area contributed by atoms with Crippen LogP contribution >= 0.6 is 12.4 Å². The Bertz CT molecular complexity index is 476. The molecule has 2 atom stereocenters. The van der Waals surface area contributed by atoms with Gasteiger partial charge in [-0.25, -0.2) is 0 Å². The van der Waals surface area contributed by atoms with E-state index >= 15 is 0 Å². The van der Waals surface area contributed by atoms with Gasteiger partial charge in [-0.3, -0.25) is 9.59 Å². The van der Waals surface area contributed by atoms with Crippen molar-refractivity contribution in [2.75, 3.05) is 39.4 Å². The minimum atomic E-state index is -0.479. The van der Waals surface area contributed by atoms with Crippen LogP contribution in [0.2, 0.25) is 0 Å². The maximum Gasteiger partial charge on any atom is 0.229 e. The molecular weight excluding hydrogens is 342 g/mol. The van der Waals surface area contributed by atoms with Crippen molar-refractivity contribution in [2.24, 2.45) is 17.1 Å². The SMILES string of the molecule is CC1CC(CN)CN1C(=O)C1(CC(=O)N2CCOCC2)CCCC1.Cl. The van der Waals surface area contributed by atoms with E-state index in [4.69, 9.17) is 10.5 Å². The smallest absolute Gasteiger partial charge is 0.229 e. The second-order valence-electron chi connectivity index (χ2n) is 7.80. The van der Waals surface area contributed by atoms with E-state index in [2.05, 4.69) is 6.92 Å². The molecule has 144 valence electrons. The van der Waals surface area contributed by atoms with Crippen LogP contribution in [0.25, 0.3) is 0 Å². The summed E-state index contributed by atoms with van der Waals surface area (Å²) < 4.78 is 5.33. The molecule has 1 aliphatic carbocycles. The molecule has 2 unspecified atom stereocenters. The molecule has 0 aromatic rings. The lowest BCUT2D eigenvalue weighted by Gasteiger charge is -2.36. The number of nitrogens with zero attached hydrogens (tertiary/aromatic N) is 2. The average molecular weight is 374 g/mol. The third kappa shape index (κ3) is 4.29. The highest BCUT2D eigenvalue weighted by Gasteiger charge is 2.48. The van der Waals surface area contributed by atoms with E-state index < -0.39 is 5.41 Å². The molecule has 2 aliphatic heterocycles. The number of carbonyl (C=O) groups is 2. The van der Waals surface area contributed by atoms with Crippen LogP contribution in [0.4, 0.5) is 0 Å². The molecule has 2 N–H and O–H groups in total. The Labute approximate surface area is 156 Å². The number of carbonyl (C=O) groups excluding carboxylic acids is 2. The third-order valence-electron chi connectivity index (χ3n) is 6.12. The first-order valence-corrected chi connectivity index (χ1v) is 9.42. The van der Waals surface area contributed by atoms with Crippen LogP contribution in [0.15, 0.2) is 0 Å². The van der Waals surface area contributed by atoms with Gasteiger partial charge in [-0.1, -0.05) is 12.8 Å². The fourth-order valence-electron chi connectivity index (χ4n) is 4.63. The average Bonchev–Trinajstić information content (AvgIpc) is 3.22. The van der Waals surface area contributed by atoms with Crippen molar-refractivity contribution in [1.82, 2.24) is 9.80 Å². The molecular formula is C18H32ClN3O3. The van der Waals surface area contributed by atoms with E-state index in [-0.39, 0.29) is 30.3 Å². The summed E-state index contributed by atoms with van der Waals surface area (Å²) in [7, 11) is 0. The number of nitrogens with two attached hydrogens (primary N) is 1. The molecule has 0 aromatic carbocycles. The molecule has 6 nitrogen and oxygen atoms in total. The van der Waals surface area contributed by atoms with E-state index in [9.17, 15) is 9.59 Å². The Hall–Kier alpha value is -0.850. The molecule has 2 saturated heterocycles. The van der Waals surface area contributed by atoms with Crippen LogP contribution < -0.4 is 5.73 Å². The van der Waals surface area contributed by atoms with Gasteiger partial charge in [-0.2, -0.15) is 0 Å². The summed E-state index contributed by atoms with van der Waals surface area (Å²) in [4.78, 5) is 30.0. The monoisotopic (exact) mass is 373 g/mol. The first-order valence-electron chi connectivity index (χ1n) is 9.42. The zero-order valence-corrected chi connectivity index (χ0v) is 16.1. The quantitative estimate of drug-likeness (QED) is 0.808. The fourth-order valence-corrected chi connectivity index (χ4v) is 4.63. The summed E-state index contributed by atoms with van der Waals surface area (Å²) in [5.41, 5.74) is 5.33. The molecule has 2 heterocycles. The van der Waals surface area contributed by atoms with Crippen LogP contribution in [-0.4, -0.2) is 67.0 Å². The maximum atomic E-state index is 13.3. The zero-order valence-electron chi connectivity index (χ0n) is 15.2. The highest BCUT2D eigenvalue weighted by molar-refractivity contribution is 5.89. The number of hydrogen-bond donors (Lipinski definition) is 1. The van der Waals surface area contributed by atoms with Gasteiger partial charge < -0.3 is 20.3 Å². The van der Waals surface area contributed by atoms with Gasteiger partial charge in [0, 0.05) is 32.1 Å². The normalized spacial score (nSPS) is 28.7. The number of rotatable bonds is 4. The lowest BCUT2D eigenvalue weighted by atomic mass is 9.80. The molecule has 25 heavy (non-hydrogen) atoms. The number of amides is 2. The van der Waals surface area contributed by atoms with Crippen molar-refractivity contribution in [3.05, 3.63) is 0 Å². The number of likely N-dealkylation sites (tertiary alicyclic amines) is 1. The van der Waals surface area contributed by atoms with Crippen molar-refractivity contribution in [3.8, 4) is 0 Å². The standard InChI is InChI=1S/C18H31N3O3.ClH/c1-14-10-15(12-19)13-21(14)17(23)18(4-2-3-5-18)11-16(22)20-6-8-24-9-7-20;/h14-15H,2-13,19H2,1H3;1H. The van der Waals surface area contributed by atoms with Crippen LogP contribution in [0.5, 0.6) is 0 Å². The van der Waals surface area contributed by atoms with E-state index in [1.54, 1.807) is 0 Å².